The number of nitrogens with zero attached hydrogens (tertiary/aromatic N) is 4. The first kappa shape index (κ1) is 26.1. The van der Waals surface area contributed by atoms with Crippen LogP contribution in [0.4, 0.5) is 26.3 Å². The number of ether oxygens (including phenoxy) is 1. The predicted octanol–water partition coefficient (Wildman–Crippen LogP) is 4.55. The van der Waals surface area contributed by atoms with Gasteiger partial charge in [-0.3, -0.25) is 4.79 Å². The van der Waals surface area contributed by atoms with Crippen LogP contribution in [0.15, 0.2) is 64.5 Å². The highest BCUT2D eigenvalue weighted by atomic mass is 32.2. The van der Waals surface area contributed by atoms with E-state index < -0.39 is 55.5 Å². The second kappa shape index (κ2) is 9.14. The monoisotopic (exact) mass is 544 g/mol. The lowest BCUT2D eigenvalue weighted by atomic mass is 10.1. The summed E-state index contributed by atoms with van der Waals surface area (Å²) in [5, 5.41) is 3.59. The van der Waals surface area contributed by atoms with E-state index in [0.717, 1.165) is 24.4 Å². The van der Waals surface area contributed by atoms with E-state index in [2.05, 4.69) is 19.8 Å². The molecule has 4 aromatic rings. The van der Waals surface area contributed by atoms with Gasteiger partial charge in [0.25, 0.3) is 5.56 Å². The molecule has 3 heterocycles. The third kappa shape index (κ3) is 5.40. The summed E-state index contributed by atoms with van der Waals surface area (Å²) in [6.45, 7) is 1.35. The van der Waals surface area contributed by atoms with Crippen molar-refractivity contribution in [1.29, 1.82) is 0 Å². The lowest BCUT2D eigenvalue weighted by molar-refractivity contribution is -0.274. The van der Waals surface area contributed by atoms with Crippen molar-refractivity contribution in [2.45, 2.75) is 24.4 Å². The molecule has 0 saturated carbocycles. The Morgan fingerprint density at radius 1 is 0.973 bits per heavy atom. The molecule has 0 N–H and O–H groups in total. The summed E-state index contributed by atoms with van der Waals surface area (Å²) >= 11 is 0. The first-order chi connectivity index (χ1) is 17.2. The molecule has 8 nitrogen and oxygen atoms in total. The van der Waals surface area contributed by atoms with E-state index in [0.29, 0.717) is 16.9 Å². The number of halogens is 6. The average molecular weight is 544 g/mol. The number of benzene rings is 1. The van der Waals surface area contributed by atoms with Crippen molar-refractivity contribution in [3.63, 3.8) is 0 Å². The number of aromatic nitrogens is 4. The van der Waals surface area contributed by atoms with Crippen molar-refractivity contribution in [2.24, 2.45) is 0 Å². The molecule has 3 aromatic heterocycles. The molecular weight excluding hydrogens is 530 g/mol. The third-order valence-electron chi connectivity index (χ3n) is 5.09. The summed E-state index contributed by atoms with van der Waals surface area (Å²) in [6.07, 6.45) is -8.24. The Kier molecular flexibility index (Phi) is 6.44. The zero-order valence-electron chi connectivity index (χ0n) is 18.5. The lowest BCUT2D eigenvalue weighted by Crippen LogP contribution is -2.25. The average Bonchev–Trinajstić information content (AvgIpc) is 2.82. The minimum absolute atomic E-state index is 0.0674. The summed E-state index contributed by atoms with van der Waals surface area (Å²) in [6, 6.07) is 7.61. The fraction of sp³-hybridized carbons (Fsp3) is 0.182. The summed E-state index contributed by atoms with van der Waals surface area (Å²) in [5.41, 5.74) is -2.23. The fourth-order valence-corrected chi connectivity index (χ4v) is 4.31. The minimum atomic E-state index is -4.90. The Bertz CT molecular complexity index is 1650. The van der Waals surface area contributed by atoms with Crippen LogP contribution in [0, 0.1) is 0 Å². The number of hydrogen-bond donors (Lipinski definition) is 0. The number of sulfone groups is 1. The maximum absolute atomic E-state index is 13.1. The Morgan fingerprint density at radius 3 is 2.24 bits per heavy atom. The normalized spacial score (nSPS) is 12.6. The molecule has 0 spiro atoms. The molecule has 0 aliphatic carbocycles. The first-order valence-corrected chi connectivity index (χ1v) is 11.9. The maximum atomic E-state index is 13.1. The van der Waals surface area contributed by atoms with Crippen LogP contribution in [0.3, 0.4) is 0 Å². The molecule has 15 heteroatoms. The molecule has 0 aliphatic heterocycles. The van der Waals surface area contributed by atoms with Crippen LogP contribution in [-0.2, 0) is 16.0 Å². The molecule has 1 aromatic carbocycles. The van der Waals surface area contributed by atoms with E-state index in [-0.39, 0.29) is 22.4 Å². The van der Waals surface area contributed by atoms with Crippen LogP contribution in [-0.4, -0.2) is 40.3 Å². The molecule has 0 bridgehead atoms. The Morgan fingerprint density at radius 2 is 1.65 bits per heavy atom. The Balaban J connectivity index is 1.88. The van der Waals surface area contributed by atoms with E-state index in [1.165, 1.54) is 25.1 Å². The minimum Gasteiger partial charge on any atom is -0.406 e. The second-order valence-electron chi connectivity index (χ2n) is 7.51. The van der Waals surface area contributed by atoms with Crippen LogP contribution in [0.1, 0.15) is 12.5 Å². The van der Waals surface area contributed by atoms with Gasteiger partial charge in [-0.25, -0.2) is 18.4 Å². The smallest absolute Gasteiger partial charge is 0.406 e. The van der Waals surface area contributed by atoms with E-state index >= 15 is 0 Å². The SMILES string of the molecule is CCS(=O)(=O)c1ccc(-c2ccc(OC(F)(F)F)cc2)nc1-n1ncc2cc(C(F)(F)F)cnc2c1=O. The molecular formula is C22H14F6N4O4S. The lowest BCUT2D eigenvalue weighted by Gasteiger charge is -2.13. The van der Waals surface area contributed by atoms with Gasteiger partial charge in [-0.15, -0.1) is 13.2 Å². The molecule has 0 aliphatic rings. The molecule has 37 heavy (non-hydrogen) atoms. The molecule has 0 fully saturated rings. The molecule has 0 amide bonds. The van der Waals surface area contributed by atoms with Crippen molar-refractivity contribution in [3.05, 3.63) is 70.8 Å². The number of fused-ring (bicyclic) bond motifs is 1. The topological polar surface area (TPSA) is 104 Å². The summed E-state index contributed by atoms with van der Waals surface area (Å²) < 4.78 is 106. The van der Waals surface area contributed by atoms with Crippen molar-refractivity contribution >= 4 is 20.7 Å². The van der Waals surface area contributed by atoms with Crippen LogP contribution < -0.4 is 10.3 Å². The van der Waals surface area contributed by atoms with Gasteiger partial charge in [0.2, 0.25) is 0 Å². The van der Waals surface area contributed by atoms with Gasteiger partial charge in [0, 0.05) is 17.1 Å². The van der Waals surface area contributed by atoms with Gasteiger partial charge < -0.3 is 4.74 Å². The number of alkyl halides is 6. The molecule has 4 rings (SSSR count). The summed E-state index contributed by atoms with van der Waals surface area (Å²) in [5.74, 6) is -1.33. The van der Waals surface area contributed by atoms with E-state index in [9.17, 15) is 39.6 Å². The fourth-order valence-electron chi connectivity index (χ4n) is 3.31. The third-order valence-corrected chi connectivity index (χ3v) is 6.84. The van der Waals surface area contributed by atoms with Crippen LogP contribution in [0.2, 0.25) is 0 Å². The van der Waals surface area contributed by atoms with Crippen molar-refractivity contribution < 1.29 is 39.5 Å². The highest BCUT2D eigenvalue weighted by molar-refractivity contribution is 7.91. The Labute approximate surface area is 204 Å². The summed E-state index contributed by atoms with van der Waals surface area (Å²) in [4.78, 5) is 20.5. The second-order valence-corrected chi connectivity index (χ2v) is 9.76. The molecule has 0 unspecified atom stereocenters. The molecule has 0 radical (unpaired) electrons. The highest BCUT2D eigenvalue weighted by Gasteiger charge is 2.32. The number of hydrogen-bond acceptors (Lipinski definition) is 7. The molecule has 0 saturated heterocycles. The van der Waals surface area contributed by atoms with Crippen molar-refractivity contribution in [3.8, 4) is 22.8 Å². The first-order valence-electron chi connectivity index (χ1n) is 10.3. The van der Waals surface area contributed by atoms with E-state index in [1.54, 1.807) is 0 Å². The van der Waals surface area contributed by atoms with Crippen LogP contribution in [0.5, 0.6) is 5.75 Å². The maximum Gasteiger partial charge on any atom is 0.573 e. The number of rotatable bonds is 5. The van der Waals surface area contributed by atoms with Crippen LogP contribution >= 0.6 is 0 Å². The zero-order chi connectivity index (χ0) is 27.2. The molecule has 0 atom stereocenters. The van der Waals surface area contributed by atoms with Crippen molar-refractivity contribution in [2.75, 3.05) is 5.75 Å². The standard InChI is InChI=1S/C22H14F6N4O4S/c1-2-37(34,35)17-8-7-16(12-3-5-15(6-4-12)36-22(26,27)28)31-19(17)32-20(33)18-13(10-30-32)9-14(11-29-18)21(23,24)25/h3-11H,2H2,1H3. The highest BCUT2D eigenvalue weighted by Crippen LogP contribution is 2.31. The zero-order valence-corrected chi connectivity index (χ0v) is 19.3. The Hall–Kier alpha value is -4.01. The largest absolute Gasteiger partial charge is 0.573 e. The quantitative estimate of drug-likeness (QED) is 0.340. The van der Waals surface area contributed by atoms with Gasteiger partial charge in [-0.1, -0.05) is 6.92 Å². The van der Waals surface area contributed by atoms with Gasteiger partial charge in [-0.2, -0.15) is 23.0 Å². The van der Waals surface area contributed by atoms with Gasteiger partial charge in [0.15, 0.2) is 15.7 Å². The van der Waals surface area contributed by atoms with E-state index in [4.69, 9.17) is 0 Å². The van der Waals surface area contributed by atoms with Crippen molar-refractivity contribution in [1.82, 2.24) is 19.7 Å². The van der Waals surface area contributed by atoms with E-state index in [1.807, 2.05) is 0 Å². The van der Waals surface area contributed by atoms with Gasteiger partial charge >= 0.3 is 12.5 Å². The summed E-state index contributed by atoms with van der Waals surface area (Å²) in [7, 11) is -3.98. The molecule has 194 valence electrons. The van der Waals surface area contributed by atoms with Gasteiger partial charge in [0.1, 0.15) is 16.2 Å². The van der Waals surface area contributed by atoms with Gasteiger partial charge in [0.05, 0.1) is 23.2 Å². The van der Waals surface area contributed by atoms with Crippen LogP contribution in [0.25, 0.3) is 28.0 Å². The van der Waals surface area contributed by atoms with Gasteiger partial charge in [-0.05, 0) is 42.5 Å². The number of pyridine rings is 2. The predicted molar refractivity (Wildman–Crippen MR) is 118 cm³/mol.